The summed E-state index contributed by atoms with van der Waals surface area (Å²) >= 11 is 0. The molecule has 0 aliphatic carbocycles. The monoisotopic (exact) mass is 260 g/mol. The molecule has 1 unspecified atom stereocenters. The van der Waals surface area contributed by atoms with Crippen molar-refractivity contribution in [3.05, 3.63) is 35.4 Å². The highest BCUT2D eigenvalue weighted by Gasteiger charge is 2.20. The van der Waals surface area contributed by atoms with E-state index >= 15 is 0 Å². The van der Waals surface area contributed by atoms with Gasteiger partial charge < -0.3 is 14.6 Å². The van der Waals surface area contributed by atoms with Crippen LogP contribution >= 0.6 is 0 Å². The van der Waals surface area contributed by atoms with E-state index in [0.717, 1.165) is 6.07 Å². The molecular weight excluding hydrogens is 242 g/mol. The largest absolute Gasteiger partial charge is 0.387 e. The fourth-order valence-electron chi connectivity index (χ4n) is 1.67. The van der Waals surface area contributed by atoms with Crippen LogP contribution in [0.5, 0.6) is 0 Å². The van der Waals surface area contributed by atoms with Gasteiger partial charge in [-0.05, 0) is 31.5 Å². The van der Waals surface area contributed by atoms with Crippen LogP contribution in [0.25, 0.3) is 0 Å². The number of halogens is 2. The number of rotatable bonds is 7. The lowest BCUT2D eigenvalue weighted by molar-refractivity contribution is -0.188. The number of benzene rings is 1. The summed E-state index contributed by atoms with van der Waals surface area (Å²) in [6.07, 6.45) is -1.68. The predicted molar refractivity (Wildman–Crippen MR) is 63.1 cm³/mol. The molecule has 1 aromatic carbocycles. The fourth-order valence-corrected chi connectivity index (χ4v) is 1.67. The molecule has 0 saturated carbocycles. The van der Waals surface area contributed by atoms with Crippen molar-refractivity contribution in [2.75, 3.05) is 13.2 Å². The Morgan fingerprint density at radius 1 is 1.06 bits per heavy atom. The first-order valence-corrected chi connectivity index (χ1v) is 5.93. The Morgan fingerprint density at radius 2 is 1.56 bits per heavy atom. The van der Waals surface area contributed by atoms with Crippen LogP contribution in [0.3, 0.4) is 0 Å². The molecule has 0 spiro atoms. The Labute approximate surface area is 105 Å². The van der Waals surface area contributed by atoms with Crippen LogP contribution in [0.1, 0.15) is 19.4 Å². The summed E-state index contributed by atoms with van der Waals surface area (Å²) in [5.74, 6) is -1.33. The number of hydrogen-bond acceptors (Lipinski definition) is 3. The highest BCUT2D eigenvalue weighted by Crippen LogP contribution is 2.13. The molecular formula is C13H18F2O3. The van der Waals surface area contributed by atoms with Gasteiger partial charge >= 0.3 is 0 Å². The SMILES string of the molecule is CCOC(OCC)C(O)Cc1cc(F)cc(F)c1. The van der Waals surface area contributed by atoms with E-state index in [1.165, 1.54) is 12.1 Å². The third-order valence-corrected chi connectivity index (χ3v) is 2.34. The Morgan fingerprint density at radius 3 is 2.00 bits per heavy atom. The van der Waals surface area contributed by atoms with E-state index in [1.54, 1.807) is 13.8 Å². The number of aliphatic hydroxyl groups excluding tert-OH is 1. The van der Waals surface area contributed by atoms with Crippen LogP contribution < -0.4 is 0 Å². The van der Waals surface area contributed by atoms with E-state index in [1.807, 2.05) is 0 Å². The molecule has 18 heavy (non-hydrogen) atoms. The molecule has 102 valence electrons. The van der Waals surface area contributed by atoms with Crippen LogP contribution in [0, 0.1) is 11.6 Å². The van der Waals surface area contributed by atoms with Crippen molar-refractivity contribution < 1.29 is 23.4 Å². The molecule has 3 nitrogen and oxygen atoms in total. The molecule has 5 heteroatoms. The van der Waals surface area contributed by atoms with Gasteiger partial charge in [0.2, 0.25) is 0 Å². The summed E-state index contributed by atoms with van der Waals surface area (Å²) in [5, 5.41) is 9.91. The minimum Gasteiger partial charge on any atom is -0.387 e. The van der Waals surface area contributed by atoms with Gasteiger partial charge in [-0.2, -0.15) is 0 Å². The van der Waals surface area contributed by atoms with E-state index < -0.39 is 24.0 Å². The van der Waals surface area contributed by atoms with Crippen molar-refractivity contribution in [1.82, 2.24) is 0 Å². The van der Waals surface area contributed by atoms with Crippen LogP contribution in [0.2, 0.25) is 0 Å². The van der Waals surface area contributed by atoms with Crippen LogP contribution in [-0.2, 0) is 15.9 Å². The maximum atomic E-state index is 13.0. The summed E-state index contributed by atoms with van der Waals surface area (Å²) < 4.78 is 36.4. The smallest absolute Gasteiger partial charge is 0.183 e. The first kappa shape index (κ1) is 15.0. The molecule has 1 N–H and O–H groups in total. The molecule has 0 aliphatic rings. The summed E-state index contributed by atoms with van der Waals surface area (Å²) in [6.45, 7) is 4.33. The van der Waals surface area contributed by atoms with Gasteiger partial charge in [0.05, 0.1) is 0 Å². The first-order chi connectivity index (χ1) is 8.56. The van der Waals surface area contributed by atoms with Crippen LogP contribution in [-0.4, -0.2) is 30.7 Å². The van der Waals surface area contributed by atoms with Crippen molar-refractivity contribution in [2.24, 2.45) is 0 Å². The van der Waals surface area contributed by atoms with Crippen molar-refractivity contribution >= 4 is 0 Å². The maximum absolute atomic E-state index is 13.0. The maximum Gasteiger partial charge on any atom is 0.183 e. The third kappa shape index (κ3) is 4.68. The van der Waals surface area contributed by atoms with Gasteiger partial charge in [-0.15, -0.1) is 0 Å². The second-order valence-corrected chi connectivity index (χ2v) is 3.83. The summed E-state index contributed by atoms with van der Waals surface area (Å²) in [5.41, 5.74) is 0.365. The van der Waals surface area contributed by atoms with Crippen molar-refractivity contribution in [1.29, 1.82) is 0 Å². The quantitative estimate of drug-likeness (QED) is 0.764. The van der Waals surface area contributed by atoms with Crippen molar-refractivity contribution in [3.63, 3.8) is 0 Å². The topological polar surface area (TPSA) is 38.7 Å². The molecule has 0 bridgehead atoms. The Hall–Kier alpha value is -1.04. The summed E-state index contributed by atoms with van der Waals surface area (Å²) in [6, 6.07) is 3.15. The molecule has 0 saturated heterocycles. The zero-order valence-electron chi connectivity index (χ0n) is 10.5. The molecule has 0 fully saturated rings. The molecule has 1 atom stereocenters. The van der Waals surface area contributed by atoms with E-state index in [2.05, 4.69) is 0 Å². The molecule has 0 amide bonds. The lowest BCUT2D eigenvalue weighted by Crippen LogP contribution is -2.33. The Kier molecular flexibility index (Phi) is 6.18. The zero-order valence-corrected chi connectivity index (χ0v) is 10.5. The normalized spacial score (nSPS) is 13.0. The van der Waals surface area contributed by atoms with E-state index in [9.17, 15) is 13.9 Å². The van der Waals surface area contributed by atoms with Crippen LogP contribution in [0.4, 0.5) is 8.78 Å². The third-order valence-electron chi connectivity index (χ3n) is 2.34. The van der Waals surface area contributed by atoms with E-state index in [4.69, 9.17) is 9.47 Å². The molecule has 0 heterocycles. The van der Waals surface area contributed by atoms with Gasteiger partial charge in [-0.1, -0.05) is 0 Å². The number of hydrogen-bond donors (Lipinski definition) is 1. The minimum atomic E-state index is -0.967. The van der Waals surface area contributed by atoms with Crippen molar-refractivity contribution in [2.45, 2.75) is 32.7 Å². The summed E-state index contributed by atoms with van der Waals surface area (Å²) in [4.78, 5) is 0. The van der Waals surface area contributed by atoms with Gasteiger partial charge in [0, 0.05) is 25.7 Å². The average molecular weight is 260 g/mol. The average Bonchev–Trinajstić information content (AvgIpc) is 2.27. The zero-order chi connectivity index (χ0) is 13.5. The van der Waals surface area contributed by atoms with Gasteiger partial charge in [-0.3, -0.25) is 0 Å². The van der Waals surface area contributed by atoms with E-state index in [0.29, 0.717) is 18.8 Å². The van der Waals surface area contributed by atoms with Crippen LogP contribution in [0.15, 0.2) is 18.2 Å². The lowest BCUT2D eigenvalue weighted by Gasteiger charge is -2.22. The summed E-state index contributed by atoms with van der Waals surface area (Å²) in [7, 11) is 0. The minimum absolute atomic E-state index is 0.0688. The second-order valence-electron chi connectivity index (χ2n) is 3.83. The van der Waals surface area contributed by atoms with Crippen molar-refractivity contribution in [3.8, 4) is 0 Å². The highest BCUT2D eigenvalue weighted by molar-refractivity contribution is 5.18. The Bertz CT molecular complexity index is 345. The second kappa shape index (κ2) is 7.41. The molecule has 1 rings (SSSR count). The standard InChI is InChI=1S/C13H18F2O3/c1-3-17-13(18-4-2)12(16)7-9-5-10(14)8-11(15)6-9/h5-6,8,12-13,16H,3-4,7H2,1-2H3. The van der Waals surface area contributed by atoms with Gasteiger partial charge in [0.25, 0.3) is 0 Å². The Balaban J connectivity index is 2.68. The molecule has 0 aromatic heterocycles. The predicted octanol–water partition coefficient (Wildman–Crippen LogP) is 2.27. The molecule has 0 aliphatic heterocycles. The molecule has 1 aromatic rings. The number of aliphatic hydroxyl groups is 1. The van der Waals surface area contributed by atoms with Gasteiger partial charge in [0.15, 0.2) is 6.29 Å². The van der Waals surface area contributed by atoms with Gasteiger partial charge in [0.1, 0.15) is 17.7 Å². The lowest BCUT2D eigenvalue weighted by atomic mass is 10.1. The highest BCUT2D eigenvalue weighted by atomic mass is 19.1. The first-order valence-electron chi connectivity index (χ1n) is 5.93. The molecule has 0 radical (unpaired) electrons. The van der Waals surface area contributed by atoms with E-state index in [-0.39, 0.29) is 6.42 Å². The number of ether oxygens (including phenoxy) is 2. The van der Waals surface area contributed by atoms with Gasteiger partial charge in [-0.25, -0.2) is 8.78 Å². The fraction of sp³-hybridized carbons (Fsp3) is 0.538.